The van der Waals surface area contributed by atoms with E-state index in [0.29, 0.717) is 5.69 Å². The van der Waals surface area contributed by atoms with Crippen LogP contribution in [0.4, 0.5) is 5.69 Å². The molecule has 2 heterocycles. The fraction of sp³-hybridized carbons (Fsp3) is 0. The number of aromatic nitrogens is 2. The van der Waals surface area contributed by atoms with Gasteiger partial charge in [-0.3, -0.25) is 0 Å². The smallest absolute Gasteiger partial charge is 0.137 e. The van der Waals surface area contributed by atoms with Crippen LogP contribution in [-0.2, 0) is 0 Å². The third kappa shape index (κ3) is 1.69. The molecule has 0 aliphatic carbocycles. The van der Waals surface area contributed by atoms with Crippen LogP contribution in [0.5, 0.6) is 0 Å². The largest absolute Gasteiger partial charge is 0.464 e. The van der Waals surface area contributed by atoms with E-state index in [-0.39, 0.29) is 0 Å². The van der Waals surface area contributed by atoms with Crippen LogP contribution in [0.25, 0.3) is 17.0 Å². The first kappa shape index (κ1) is 9.72. The van der Waals surface area contributed by atoms with Crippen molar-refractivity contribution < 1.29 is 4.42 Å². The number of rotatable bonds is 2. The van der Waals surface area contributed by atoms with Crippen molar-refractivity contribution in [1.29, 1.82) is 0 Å². The van der Waals surface area contributed by atoms with Gasteiger partial charge in [-0.1, -0.05) is 12.1 Å². The summed E-state index contributed by atoms with van der Waals surface area (Å²) in [6.07, 6.45) is 5.29. The van der Waals surface area contributed by atoms with Gasteiger partial charge in [0.25, 0.3) is 0 Å². The molecule has 2 aromatic heterocycles. The molecule has 17 heavy (non-hydrogen) atoms. The van der Waals surface area contributed by atoms with Crippen LogP contribution >= 0.6 is 0 Å². The lowest BCUT2D eigenvalue weighted by molar-refractivity contribution is 0.582. The molecule has 0 radical (unpaired) electrons. The number of hydrogen-bond acceptors (Lipinski definition) is 3. The van der Waals surface area contributed by atoms with Crippen LogP contribution in [0, 0.1) is 0 Å². The molecule has 0 atom stereocenters. The maximum absolute atomic E-state index is 5.90. The number of benzene rings is 1. The normalized spacial score (nSPS) is 10.6. The van der Waals surface area contributed by atoms with Crippen molar-refractivity contribution in [3.8, 4) is 17.0 Å². The molecule has 3 aromatic rings. The van der Waals surface area contributed by atoms with E-state index in [9.17, 15) is 0 Å². The summed E-state index contributed by atoms with van der Waals surface area (Å²) in [6, 6.07) is 11.4. The second-order valence-electron chi connectivity index (χ2n) is 3.71. The van der Waals surface area contributed by atoms with Gasteiger partial charge in [0, 0.05) is 6.20 Å². The Balaban J connectivity index is 2.04. The Labute approximate surface area is 98.3 Å². The number of para-hydroxylation sites is 2. The summed E-state index contributed by atoms with van der Waals surface area (Å²) < 4.78 is 7.06. The van der Waals surface area contributed by atoms with Gasteiger partial charge < -0.3 is 10.2 Å². The highest BCUT2D eigenvalue weighted by Gasteiger charge is 2.06. The molecule has 1 aromatic carbocycles. The Morgan fingerprint density at radius 1 is 1.12 bits per heavy atom. The summed E-state index contributed by atoms with van der Waals surface area (Å²) in [5, 5.41) is 4.28. The highest BCUT2D eigenvalue weighted by atomic mass is 16.3. The molecule has 4 nitrogen and oxygen atoms in total. The van der Waals surface area contributed by atoms with Crippen LogP contribution in [0.3, 0.4) is 0 Å². The van der Waals surface area contributed by atoms with Crippen molar-refractivity contribution in [2.45, 2.75) is 0 Å². The average molecular weight is 225 g/mol. The highest BCUT2D eigenvalue weighted by molar-refractivity contribution is 5.60. The first-order valence-corrected chi connectivity index (χ1v) is 5.28. The minimum absolute atomic E-state index is 0.696. The molecule has 4 heteroatoms. The van der Waals surface area contributed by atoms with E-state index in [0.717, 1.165) is 17.0 Å². The SMILES string of the molecule is Nc1ccccc1-n1cc(-c2ccco2)cn1. The van der Waals surface area contributed by atoms with Crippen LogP contribution < -0.4 is 5.73 Å². The number of nitrogens with zero attached hydrogens (tertiary/aromatic N) is 2. The molecule has 0 fully saturated rings. The van der Waals surface area contributed by atoms with E-state index in [4.69, 9.17) is 10.2 Å². The summed E-state index contributed by atoms with van der Waals surface area (Å²) in [7, 11) is 0. The molecule has 0 saturated heterocycles. The zero-order valence-corrected chi connectivity index (χ0v) is 9.08. The molecule has 0 amide bonds. The van der Waals surface area contributed by atoms with Gasteiger partial charge in [0.15, 0.2) is 0 Å². The Hall–Kier alpha value is -2.49. The van der Waals surface area contributed by atoms with Gasteiger partial charge in [-0.2, -0.15) is 5.10 Å². The number of anilines is 1. The maximum Gasteiger partial charge on any atom is 0.137 e. The van der Waals surface area contributed by atoms with Crippen molar-refractivity contribution in [3.63, 3.8) is 0 Å². The molecular formula is C13H11N3O. The lowest BCUT2D eigenvalue weighted by atomic mass is 10.2. The lowest BCUT2D eigenvalue weighted by Gasteiger charge is -2.03. The molecule has 0 aliphatic heterocycles. The zero-order chi connectivity index (χ0) is 11.7. The molecule has 0 aliphatic rings. The molecule has 0 saturated carbocycles. The fourth-order valence-corrected chi connectivity index (χ4v) is 1.72. The molecule has 0 unspecified atom stereocenters. The van der Waals surface area contributed by atoms with Gasteiger partial charge in [0.1, 0.15) is 5.76 Å². The van der Waals surface area contributed by atoms with Crippen LogP contribution in [0.1, 0.15) is 0 Å². The topological polar surface area (TPSA) is 57.0 Å². The van der Waals surface area contributed by atoms with E-state index in [1.54, 1.807) is 17.1 Å². The van der Waals surface area contributed by atoms with Gasteiger partial charge >= 0.3 is 0 Å². The Morgan fingerprint density at radius 3 is 2.76 bits per heavy atom. The molecule has 0 bridgehead atoms. The van der Waals surface area contributed by atoms with Crippen molar-refractivity contribution >= 4 is 5.69 Å². The van der Waals surface area contributed by atoms with E-state index < -0.39 is 0 Å². The second kappa shape index (κ2) is 3.83. The molecule has 3 rings (SSSR count). The van der Waals surface area contributed by atoms with Crippen molar-refractivity contribution in [2.75, 3.05) is 5.73 Å². The Bertz CT molecular complexity index is 626. The summed E-state index contributed by atoms with van der Waals surface area (Å²) >= 11 is 0. The van der Waals surface area contributed by atoms with E-state index in [1.807, 2.05) is 42.6 Å². The minimum Gasteiger partial charge on any atom is -0.464 e. The predicted octanol–water partition coefficient (Wildman–Crippen LogP) is 2.71. The standard InChI is InChI=1S/C13H11N3O/c14-11-4-1-2-5-12(11)16-9-10(8-15-16)13-6-3-7-17-13/h1-9H,14H2. The average Bonchev–Trinajstić information content (AvgIpc) is 3.00. The van der Waals surface area contributed by atoms with E-state index in [1.165, 1.54) is 0 Å². The molecule has 84 valence electrons. The molecule has 2 N–H and O–H groups in total. The Kier molecular flexibility index (Phi) is 2.19. The summed E-state index contributed by atoms with van der Waals surface area (Å²) in [6.45, 7) is 0. The number of hydrogen-bond donors (Lipinski definition) is 1. The summed E-state index contributed by atoms with van der Waals surface area (Å²) in [5.74, 6) is 0.797. The quantitative estimate of drug-likeness (QED) is 0.682. The molecule has 0 spiro atoms. The van der Waals surface area contributed by atoms with Gasteiger partial charge in [-0.05, 0) is 24.3 Å². The maximum atomic E-state index is 5.90. The zero-order valence-electron chi connectivity index (χ0n) is 9.08. The summed E-state index contributed by atoms with van der Waals surface area (Å²) in [5.41, 5.74) is 8.39. The number of furan rings is 1. The van der Waals surface area contributed by atoms with E-state index >= 15 is 0 Å². The van der Waals surface area contributed by atoms with Crippen LogP contribution in [0.15, 0.2) is 59.5 Å². The number of nitrogens with two attached hydrogens (primary N) is 1. The van der Waals surface area contributed by atoms with Gasteiger partial charge in [-0.15, -0.1) is 0 Å². The fourth-order valence-electron chi connectivity index (χ4n) is 1.72. The van der Waals surface area contributed by atoms with Crippen molar-refractivity contribution in [2.24, 2.45) is 0 Å². The number of nitrogen functional groups attached to an aromatic ring is 1. The van der Waals surface area contributed by atoms with Gasteiger partial charge in [-0.25, -0.2) is 4.68 Å². The predicted molar refractivity (Wildman–Crippen MR) is 65.7 cm³/mol. The van der Waals surface area contributed by atoms with Crippen LogP contribution in [-0.4, -0.2) is 9.78 Å². The Morgan fingerprint density at radius 2 is 2.00 bits per heavy atom. The second-order valence-corrected chi connectivity index (χ2v) is 3.71. The minimum atomic E-state index is 0.696. The van der Waals surface area contributed by atoms with Gasteiger partial charge in [0.2, 0.25) is 0 Å². The third-order valence-corrected chi connectivity index (χ3v) is 2.57. The van der Waals surface area contributed by atoms with Crippen molar-refractivity contribution in [1.82, 2.24) is 9.78 Å². The van der Waals surface area contributed by atoms with E-state index in [2.05, 4.69) is 5.10 Å². The van der Waals surface area contributed by atoms with Crippen LogP contribution in [0.2, 0.25) is 0 Å². The first-order chi connectivity index (χ1) is 8.34. The van der Waals surface area contributed by atoms with Gasteiger partial charge in [0.05, 0.1) is 29.4 Å². The lowest BCUT2D eigenvalue weighted by Crippen LogP contribution is -1.99. The highest BCUT2D eigenvalue weighted by Crippen LogP contribution is 2.22. The van der Waals surface area contributed by atoms with Crippen molar-refractivity contribution in [3.05, 3.63) is 55.1 Å². The summed E-state index contributed by atoms with van der Waals surface area (Å²) in [4.78, 5) is 0. The monoisotopic (exact) mass is 225 g/mol. The third-order valence-electron chi connectivity index (χ3n) is 2.57. The molecular weight excluding hydrogens is 214 g/mol. The first-order valence-electron chi connectivity index (χ1n) is 5.28.